The van der Waals surface area contributed by atoms with Gasteiger partial charge in [0.2, 0.25) is 0 Å². The fourth-order valence-corrected chi connectivity index (χ4v) is 1.37. The predicted molar refractivity (Wildman–Crippen MR) is 54.6 cm³/mol. The van der Waals surface area contributed by atoms with Gasteiger partial charge in [-0.2, -0.15) is 5.10 Å². The smallest absolute Gasteiger partial charge is 0.0537 e. The Hall–Kier alpha value is -0.830. The van der Waals surface area contributed by atoms with Gasteiger partial charge in [0.25, 0.3) is 0 Å². The van der Waals surface area contributed by atoms with Crippen molar-refractivity contribution in [2.75, 3.05) is 0 Å². The molecule has 0 saturated heterocycles. The summed E-state index contributed by atoms with van der Waals surface area (Å²) in [5.74, 6) is 0. The zero-order valence-electron chi connectivity index (χ0n) is 8.91. The Morgan fingerprint density at radius 2 is 2.15 bits per heavy atom. The maximum absolute atomic E-state index is 4.24. The van der Waals surface area contributed by atoms with Gasteiger partial charge >= 0.3 is 0 Å². The van der Waals surface area contributed by atoms with Crippen molar-refractivity contribution in [3.05, 3.63) is 18.0 Å². The average Bonchev–Trinajstić information content (AvgIpc) is 2.50. The summed E-state index contributed by atoms with van der Waals surface area (Å²) in [6, 6.07) is 0.903. The largest absolute Gasteiger partial charge is 0.308 e. The minimum atomic E-state index is 0.389. The van der Waals surface area contributed by atoms with Gasteiger partial charge in [0.05, 0.1) is 6.20 Å². The lowest BCUT2D eigenvalue weighted by Gasteiger charge is -2.14. The van der Waals surface area contributed by atoms with E-state index in [1.165, 1.54) is 5.56 Å². The van der Waals surface area contributed by atoms with Crippen LogP contribution in [0.25, 0.3) is 0 Å². The number of rotatable bonds is 4. The number of hydrogen-bond acceptors (Lipinski definition) is 2. The van der Waals surface area contributed by atoms with Gasteiger partial charge in [-0.15, -0.1) is 0 Å². The number of nitrogens with one attached hydrogen (secondary N) is 1. The molecule has 74 valence electrons. The molecule has 0 fully saturated rings. The molecular weight excluding hydrogens is 162 g/mol. The summed E-state index contributed by atoms with van der Waals surface area (Å²) in [6.45, 7) is 9.50. The number of nitrogens with zero attached hydrogens (tertiary/aromatic N) is 2. The molecule has 1 rings (SSSR count). The molecule has 13 heavy (non-hydrogen) atoms. The third-order valence-electron chi connectivity index (χ3n) is 2.06. The van der Waals surface area contributed by atoms with Crippen molar-refractivity contribution in [1.29, 1.82) is 0 Å². The minimum absolute atomic E-state index is 0.389. The topological polar surface area (TPSA) is 29.9 Å². The third kappa shape index (κ3) is 2.84. The van der Waals surface area contributed by atoms with Crippen LogP contribution in [0.15, 0.2) is 12.4 Å². The fraction of sp³-hybridized carbons (Fsp3) is 0.700. The van der Waals surface area contributed by atoms with Crippen molar-refractivity contribution < 1.29 is 0 Å². The molecule has 0 aliphatic heterocycles. The molecule has 1 aromatic rings. The van der Waals surface area contributed by atoms with E-state index in [0.29, 0.717) is 12.1 Å². The van der Waals surface area contributed by atoms with Crippen molar-refractivity contribution in [2.24, 2.45) is 0 Å². The first-order valence-electron chi connectivity index (χ1n) is 4.92. The van der Waals surface area contributed by atoms with Crippen LogP contribution >= 0.6 is 0 Å². The molecule has 0 radical (unpaired) electrons. The summed E-state index contributed by atoms with van der Waals surface area (Å²) in [5, 5.41) is 7.68. The first-order valence-corrected chi connectivity index (χ1v) is 4.92. The summed E-state index contributed by atoms with van der Waals surface area (Å²) in [5.41, 5.74) is 1.26. The van der Waals surface area contributed by atoms with Crippen molar-refractivity contribution in [3.8, 4) is 0 Å². The van der Waals surface area contributed by atoms with Gasteiger partial charge in [0.15, 0.2) is 0 Å². The first kappa shape index (κ1) is 10.3. The van der Waals surface area contributed by atoms with Crippen LogP contribution in [0.5, 0.6) is 0 Å². The molecule has 1 aromatic heterocycles. The Labute approximate surface area is 80.1 Å². The zero-order chi connectivity index (χ0) is 9.84. The van der Waals surface area contributed by atoms with Crippen molar-refractivity contribution in [3.63, 3.8) is 0 Å². The maximum Gasteiger partial charge on any atom is 0.0537 e. The van der Waals surface area contributed by atoms with Gasteiger partial charge in [-0.25, -0.2) is 0 Å². The Kier molecular flexibility index (Phi) is 3.48. The SMILES string of the molecule is CCn1cc(C(C)NC(C)C)cn1. The van der Waals surface area contributed by atoms with Crippen LogP contribution in [0.2, 0.25) is 0 Å². The molecule has 3 heteroatoms. The Bertz CT molecular complexity index is 252. The molecule has 0 amide bonds. The van der Waals surface area contributed by atoms with E-state index in [9.17, 15) is 0 Å². The molecule has 1 atom stereocenters. The molecule has 1 unspecified atom stereocenters. The molecule has 0 spiro atoms. The van der Waals surface area contributed by atoms with Gasteiger partial charge < -0.3 is 5.32 Å². The second kappa shape index (κ2) is 4.42. The zero-order valence-corrected chi connectivity index (χ0v) is 8.91. The predicted octanol–water partition coefficient (Wildman–Crippen LogP) is 1.96. The van der Waals surface area contributed by atoms with Crippen molar-refractivity contribution in [2.45, 2.75) is 46.3 Å². The average molecular weight is 181 g/mol. The van der Waals surface area contributed by atoms with E-state index in [-0.39, 0.29) is 0 Å². The van der Waals surface area contributed by atoms with E-state index in [1.807, 2.05) is 10.9 Å². The lowest BCUT2D eigenvalue weighted by Crippen LogP contribution is -2.25. The van der Waals surface area contributed by atoms with Gasteiger partial charge in [-0.05, 0) is 13.8 Å². The molecule has 0 aromatic carbocycles. The Morgan fingerprint density at radius 1 is 1.46 bits per heavy atom. The molecule has 0 saturated carbocycles. The van der Waals surface area contributed by atoms with E-state index in [4.69, 9.17) is 0 Å². The highest BCUT2D eigenvalue weighted by atomic mass is 15.3. The maximum atomic E-state index is 4.24. The summed E-state index contributed by atoms with van der Waals surface area (Å²) < 4.78 is 1.95. The summed E-state index contributed by atoms with van der Waals surface area (Å²) in [6.07, 6.45) is 4.03. The van der Waals surface area contributed by atoms with Gasteiger partial charge in [-0.3, -0.25) is 4.68 Å². The first-order chi connectivity index (χ1) is 6.13. The molecular formula is C10H19N3. The molecule has 3 nitrogen and oxygen atoms in total. The number of hydrogen-bond donors (Lipinski definition) is 1. The van der Waals surface area contributed by atoms with Crippen LogP contribution in [0.4, 0.5) is 0 Å². The van der Waals surface area contributed by atoms with Gasteiger partial charge in [0, 0.05) is 30.4 Å². The van der Waals surface area contributed by atoms with Crippen molar-refractivity contribution >= 4 is 0 Å². The molecule has 1 N–H and O–H groups in total. The quantitative estimate of drug-likeness (QED) is 0.769. The highest BCUT2D eigenvalue weighted by molar-refractivity contribution is 5.09. The lowest BCUT2D eigenvalue weighted by atomic mass is 10.2. The van der Waals surface area contributed by atoms with E-state index >= 15 is 0 Å². The fourth-order valence-electron chi connectivity index (χ4n) is 1.37. The third-order valence-corrected chi connectivity index (χ3v) is 2.06. The second-order valence-corrected chi connectivity index (χ2v) is 3.67. The monoisotopic (exact) mass is 181 g/mol. The highest BCUT2D eigenvalue weighted by Gasteiger charge is 2.07. The lowest BCUT2D eigenvalue weighted by molar-refractivity contribution is 0.505. The summed E-state index contributed by atoms with van der Waals surface area (Å²) in [7, 11) is 0. The summed E-state index contributed by atoms with van der Waals surface area (Å²) >= 11 is 0. The van der Waals surface area contributed by atoms with E-state index < -0.39 is 0 Å². The van der Waals surface area contributed by atoms with E-state index in [2.05, 4.69) is 44.3 Å². The molecule has 0 bridgehead atoms. The molecule has 0 aliphatic rings. The van der Waals surface area contributed by atoms with Gasteiger partial charge in [0.1, 0.15) is 0 Å². The van der Waals surface area contributed by atoms with Crippen LogP contribution in [0.1, 0.15) is 39.3 Å². The van der Waals surface area contributed by atoms with E-state index in [1.54, 1.807) is 0 Å². The van der Waals surface area contributed by atoms with Crippen LogP contribution in [0.3, 0.4) is 0 Å². The normalized spacial score (nSPS) is 13.6. The standard InChI is InChI=1S/C10H19N3/c1-5-13-7-10(6-11-13)9(4)12-8(2)3/h6-9,12H,5H2,1-4H3. The molecule has 1 heterocycles. The van der Waals surface area contributed by atoms with Crippen LogP contribution < -0.4 is 5.32 Å². The highest BCUT2D eigenvalue weighted by Crippen LogP contribution is 2.11. The van der Waals surface area contributed by atoms with Gasteiger partial charge in [-0.1, -0.05) is 13.8 Å². The Balaban J connectivity index is 2.60. The van der Waals surface area contributed by atoms with Crippen LogP contribution in [-0.2, 0) is 6.54 Å². The van der Waals surface area contributed by atoms with Crippen LogP contribution in [-0.4, -0.2) is 15.8 Å². The minimum Gasteiger partial charge on any atom is -0.308 e. The van der Waals surface area contributed by atoms with E-state index in [0.717, 1.165) is 6.54 Å². The summed E-state index contributed by atoms with van der Waals surface area (Å²) in [4.78, 5) is 0. The number of aryl methyl sites for hydroxylation is 1. The number of aromatic nitrogens is 2. The molecule has 0 aliphatic carbocycles. The second-order valence-electron chi connectivity index (χ2n) is 3.67. The Morgan fingerprint density at radius 3 is 2.62 bits per heavy atom. The van der Waals surface area contributed by atoms with Crippen LogP contribution in [0, 0.1) is 0 Å². The van der Waals surface area contributed by atoms with Crippen molar-refractivity contribution in [1.82, 2.24) is 15.1 Å².